The second-order valence-electron chi connectivity index (χ2n) is 4.10. The van der Waals surface area contributed by atoms with Gasteiger partial charge >= 0.3 is 5.97 Å². The van der Waals surface area contributed by atoms with E-state index in [2.05, 4.69) is 4.90 Å². The summed E-state index contributed by atoms with van der Waals surface area (Å²) >= 11 is 0. The third-order valence-corrected chi connectivity index (χ3v) is 2.57. The molecule has 1 rings (SSSR count). The predicted octanol–water partition coefficient (Wildman–Crippen LogP) is 1.60. The van der Waals surface area contributed by atoms with Gasteiger partial charge in [0, 0.05) is 25.7 Å². The number of nitrogens with zero attached hydrogens (tertiary/aromatic N) is 1. The Morgan fingerprint density at radius 2 is 2.11 bits per heavy atom. The number of ether oxygens (including phenoxy) is 1. The minimum atomic E-state index is -0.328. The molecule has 1 aromatic rings. The Morgan fingerprint density at radius 1 is 1.37 bits per heavy atom. The average molecular weight is 263 g/mol. The first-order valence-corrected chi connectivity index (χ1v) is 6.46. The van der Waals surface area contributed by atoms with Crippen LogP contribution in [0.4, 0.5) is 0 Å². The lowest BCUT2D eigenvalue weighted by Gasteiger charge is -2.19. The van der Waals surface area contributed by atoms with Gasteiger partial charge in [-0.1, -0.05) is 36.4 Å². The topological polar surface area (TPSA) is 49.8 Å². The smallest absolute Gasteiger partial charge is 0.330 e. The summed E-state index contributed by atoms with van der Waals surface area (Å²) < 4.78 is 4.81. The largest absolute Gasteiger partial charge is 0.463 e. The average Bonchev–Trinajstić information content (AvgIpc) is 2.40. The summed E-state index contributed by atoms with van der Waals surface area (Å²) in [6.45, 7) is 4.18. The van der Waals surface area contributed by atoms with Crippen LogP contribution in [0.2, 0.25) is 0 Å². The molecule has 104 valence electrons. The third-order valence-electron chi connectivity index (χ3n) is 2.57. The van der Waals surface area contributed by atoms with E-state index < -0.39 is 0 Å². The maximum Gasteiger partial charge on any atom is 0.330 e. The van der Waals surface area contributed by atoms with Gasteiger partial charge in [0.25, 0.3) is 0 Å². The Hall–Kier alpha value is -1.65. The zero-order chi connectivity index (χ0) is 13.9. The molecule has 0 aliphatic rings. The van der Waals surface area contributed by atoms with Crippen LogP contribution in [-0.2, 0) is 16.1 Å². The number of aliphatic hydroxyl groups excluding tert-OH is 1. The number of hydrogen-bond donors (Lipinski definition) is 1. The maximum absolute atomic E-state index is 11.2. The fourth-order valence-electron chi connectivity index (χ4n) is 1.71. The fourth-order valence-corrected chi connectivity index (χ4v) is 1.71. The molecule has 0 amide bonds. The second kappa shape index (κ2) is 9.30. The molecule has 0 aliphatic carbocycles. The van der Waals surface area contributed by atoms with Gasteiger partial charge in [-0.25, -0.2) is 4.79 Å². The summed E-state index contributed by atoms with van der Waals surface area (Å²) in [7, 11) is 0. The van der Waals surface area contributed by atoms with Crippen molar-refractivity contribution < 1.29 is 14.6 Å². The highest BCUT2D eigenvalue weighted by molar-refractivity contribution is 5.81. The molecule has 4 heteroatoms. The number of carbonyl (C=O) groups excluding carboxylic acids is 1. The van der Waals surface area contributed by atoms with E-state index in [-0.39, 0.29) is 12.6 Å². The molecule has 0 heterocycles. The lowest BCUT2D eigenvalue weighted by atomic mass is 10.2. The molecule has 0 atom stereocenters. The lowest BCUT2D eigenvalue weighted by Crippen LogP contribution is -2.26. The SMILES string of the molecule is CCOC(=O)/C=C/CN(CCO)Cc1ccccc1. The van der Waals surface area contributed by atoms with Crippen molar-refractivity contribution in [3.63, 3.8) is 0 Å². The lowest BCUT2D eigenvalue weighted by molar-refractivity contribution is -0.137. The number of rotatable bonds is 8. The van der Waals surface area contributed by atoms with E-state index in [1.54, 1.807) is 13.0 Å². The number of esters is 1. The third kappa shape index (κ3) is 6.74. The monoisotopic (exact) mass is 263 g/mol. The molecule has 0 fully saturated rings. The van der Waals surface area contributed by atoms with Crippen LogP contribution in [0.3, 0.4) is 0 Å². The molecule has 0 radical (unpaired) electrons. The summed E-state index contributed by atoms with van der Waals surface area (Å²) in [6, 6.07) is 10.0. The first kappa shape index (κ1) is 15.4. The van der Waals surface area contributed by atoms with Gasteiger partial charge in [0.05, 0.1) is 13.2 Å². The van der Waals surface area contributed by atoms with E-state index in [1.165, 1.54) is 11.6 Å². The highest BCUT2D eigenvalue weighted by Crippen LogP contribution is 2.04. The molecule has 0 aromatic heterocycles. The molecule has 0 unspecified atom stereocenters. The van der Waals surface area contributed by atoms with Gasteiger partial charge in [-0.3, -0.25) is 4.90 Å². The molecule has 0 saturated carbocycles. The summed E-state index contributed by atoms with van der Waals surface area (Å²) in [5.41, 5.74) is 1.18. The number of benzene rings is 1. The van der Waals surface area contributed by atoms with Crippen LogP contribution in [0.5, 0.6) is 0 Å². The van der Waals surface area contributed by atoms with Crippen LogP contribution in [0.15, 0.2) is 42.5 Å². The van der Waals surface area contributed by atoms with Gasteiger partial charge in [-0.05, 0) is 12.5 Å². The molecule has 19 heavy (non-hydrogen) atoms. The highest BCUT2D eigenvalue weighted by atomic mass is 16.5. The first-order valence-electron chi connectivity index (χ1n) is 6.46. The van der Waals surface area contributed by atoms with Crippen molar-refractivity contribution in [2.45, 2.75) is 13.5 Å². The van der Waals surface area contributed by atoms with Crippen molar-refractivity contribution in [1.29, 1.82) is 0 Å². The summed E-state index contributed by atoms with van der Waals surface area (Å²) in [5, 5.41) is 9.05. The van der Waals surface area contributed by atoms with Crippen LogP contribution < -0.4 is 0 Å². The Kier molecular flexibility index (Phi) is 7.54. The van der Waals surface area contributed by atoms with Gasteiger partial charge in [0.2, 0.25) is 0 Å². The van der Waals surface area contributed by atoms with Crippen LogP contribution >= 0.6 is 0 Å². The van der Waals surface area contributed by atoms with E-state index in [0.29, 0.717) is 19.7 Å². The zero-order valence-corrected chi connectivity index (χ0v) is 11.3. The van der Waals surface area contributed by atoms with E-state index in [0.717, 1.165) is 6.54 Å². The Balaban J connectivity index is 2.46. The zero-order valence-electron chi connectivity index (χ0n) is 11.3. The minimum absolute atomic E-state index is 0.0973. The van der Waals surface area contributed by atoms with Crippen LogP contribution in [0.25, 0.3) is 0 Å². The van der Waals surface area contributed by atoms with Gasteiger partial charge in [-0.15, -0.1) is 0 Å². The molecule has 4 nitrogen and oxygen atoms in total. The first-order chi connectivity index (χ1) is 9.26. The Bertz CT molecular complexity index is 390. The Morgan fingerprint density at radius 3 is 2.74 bits per heavy atom. The summed E-state index contributed by atoms with van der Waals surface area (Å²) in [5.74, 6) is -0.328. The van der Waals surface area contributed by atoms with Crippen LogP contribution in [-0.4, -0.2) is 42.3 Å². The summed E-state index contributed by atoms with van der Waals surface area (Å²) in [6.07, 6.45) is 3.19. The molecule has 0 aliphatic heterocycles. The molecule has 1 N–H and O–H groups in total. The van der Waals surface area contributed by atoms with Gasteiger partial charge in [0.1, 0.15) is 0 Å². The molecule has 0 saturated heterocycles. The van der Waals surface area contributed by atoms with Gasteiger partial charge < -0.3 is 9.84 Å². The maximum atomic E-state index is 11.2. The normalized spacial score (nSPS) is 11.1. The standard InChI is InChI=1S/C15H21NO3/c1-2-19-15(18)9-6-10-16(11-12-17)13-14-7-4-3-5-8-14/h3-9,17H,2,10-13H2,1H3/b9-6+. The second-order valence-corrected chi connectivity index (χ2v) is 4.10. The van der Waals surface area contributed by atoms with Crippen molar-refractivity contribution >= 4 is 5.97 Å². The summed E-state index contributed by atoms with van der Waals surface area (Å²) in [4.78, 5) is 13.2. The van der Waals surface area contributed by atoms with E-state index in [4.69, 9.17) is 9.84 Å². The van der Waals surface area contributed by atoms with Crippen molar-refractivity contribution in [3.8, 4) is 0 Å². The minimum Gasteiger partial charge on any atom is -0.463 e. The van der Waals surface area contributed by atoms with Crippen LogP contribution in [0, 0.1) is 0 Å². The quantitative estimate of drug-likeness (QED) is 0.572. The van der Waals surface area contributed by atoms with E-state index in [1.807, 2.05) is 30.3 Å². The molecule has 1 aromatic carbocycles. The van der Waals surface area contributed by atoms with Crippen molar-refractivity contribution in [2.75, 3.05) is 26.3 Å². The number of aliphatic hydroxyl groups is 1. The predicted molar refractivity (Wildman–Crippen MR) is 74.6 cm³/mol. The molecular formula is C15H21NO3. The van der Waals surface area contributed by atoms with E-state index >= 15 is 0 Å². The van der Waals surface area contributed by atoms with E-state index in [9.17, 15) is 4.79 Å². The highest BCUT2D eigenvalue weighted by Gasteiger charge is 2.03. The Labute approximate surface area is 114 Å². The molecular weight excluding hydrogens is 242 g/mol. The van der Waals surface area contributed by atoms with Gasteiger partial charge in [0.15, 0.2) is 0 Å². The van der Waals surface area contributed by atoms with Crippen molar-refractivity contribution in [3.05, 3.63) is 48.0 Å². The molecule has 0 bridgehead atoms. The van der Waals surface area contributed by atoms with Crippen molar-refractivity contribution in [2.24, 2.45) is 0 Å². The number of hydrogen-bond acceptors (Lipinski definition) is 4. The van der Waals surface area contributed by atoms with Crippen LogP contribution in [0.1, 0.15) is 12.5 Å². The van der Waals surface area contributed by atoms with Gasteiger partial charge in [-0.2, -0.15) is 0 Å². The fraction of sp³-hybridized carbons (Fsp3) is 0.400. The molecule has 0 spiro atoms. The van der Waals surface area contributed by atoms with Crippen molar-refractivity contribution in [1.82, 2.24) is 4.90 Å². The number of carbonyl (C=O) groups is 1.